The molecular weight excluding hydrogens is 195 g/mol. The Morgan fingerprint density at radius 2 is 1.93 bits per heavy atom. The second kappa shape index (κ2) is 6.53. The van der Waals surface area contributed by atoms with Crippen LogP contribution in [0, 0.1) is 5.82 Å². The van der Waals surface area contributed by atoms with E-state index in [1.165, 1.54) is 12.1 Å². The van der Waals surface area contributed by atoms with Gasteiger partial charge in [0.05, 0.1) is 6.10 Å². The molecule has 1 atom stereocenters. The number of hydrogen-bond acceptors (Lipinski definition) is 2. The molecule has 3 heteroatoms. The standard InChI is InChI=1S/C12H17FO2/c1-2-8-15-9-7-12(14)10-3-5-11(13)6-4-10/h3-6,12,14H,2,7-9H2,1H3. The second-order valence-electron chi connectivity index (χ2n) is 3.47. The highest BCUT2D eigenvalue weighted by molar-refractivity contribution is 5.18. The average Bonchev–Trinajstić information content (AvgIpc) is 2.25. The second-order valence-corrected chi connectivity index (χ2v) is 3.47. The quantitative estimate of drug-likeness (QED) is 0.734. The highest BCUT2D eigenvalue weighted by Crippen LogP contribution is 2.16. The first-order valence-electron chi connectivity index (χ1n) is 5.25. The van der Waals surface area contributed by atoms with Crippen LogP contribution < -0.4 is 0 Å². The van der Waals surface area contributed by atoms with E-state index < -0.39 is 6.10 Å². The molecule has 0 aliphatic heterocycles. The summed E-state index contributed by atoms with van der Waals surface area (Å²) in [5, 5.41) is 9.71. The third-order valence-corrected chi connectivity index (χ3v) is 2.14. The highest BCUT2D eigenvalue weighted by atomic mass is 19.1. The highest BCUT2D eigenvalue weighted by Gasteiger charge is 2.06. The number of benzene rings is 1. The molecule has 0 saturated heterocycles. The molecule has 2 nitrogen and oxygen atoms in total. The van der Waals surface area contributed by atoms with E-state index in [9.17, 15) is 9.50 Å². The SMILES string of the molecule is CCCOCCC(O)c1ccc(F)cc1. The van der Waals surface area contributed by atoms with Crippen molar-refractivity contribution in [1.82, 2.24) is 0 Å². The van der Waals surface area contributed by atoms with E-state index in [0.29, 0.717) is 13.0 Å². The van der Waals surface area contributed by atoms with E-state index in [4.69, 9.17) is 4.74 Å². The molecule has 0 aliphatic carbocycles. The fourth-order valence-corrected chi connectivity index (χ4v) is 1.29. The van der Waals surface area contributed by atoms with Crippen LogP contribution in [-0.2, 0) is 4.74 Å². The summed E-state index contributed by atoms with van der Waals surface area (Å²) in [7, 11) is 0. The molecule has 0 saturated carbocycles. The van der Waals surface area contributed by atoms with Crippen LogP contribution in [0.1, 0.15) is 31.4 Å². The van der Waals surface area contributed by atoms with Crippen LogP contribution in [0.5, 0.6) is 0 Å². The Hall–Kier alpha value is -0.930. The van der Waals surface area contributed by atoms with Crippen molar-refractivity contribution in [2.45, 2.75) is 25.9 Å². The first-order chi connectivity index (χ1) is 7.24. The number of aliphatic hydroxyl groups is 1. The van der Waals surface area contributed by atoms with Gasteiger partial charge in [-0.1, -0.05) is 19.1 Å². The van der Waals surface area contributed by atoms with Gasteiger partial charge in [0, 0.05) is 19.6 Å². The molecule has 0 fully saturated rings. The minimum atomic E-state index is -0.567. The molecule has 1 unspecified atom stereocenters. The summed E-state index contributed by atoms with van der Waals surface area (Å²) >= 11 is 0. The van der Waals surface area contributed by atoms with E-state index in [1.54, 1.807) is 12.1 Å². The van der Waals surface area contributed by atoms with E-state index in [0.717, 1.165) is 18.6 Å². The molecule has 0 heterocycles. The van der Waals surface area contributed by atoms with Crippen LogP contribution in [0.3, 0.4) is 0 Å². The average molecular weight is 212 g/mol. The topological polar surface area (TPSA) is 29.5 Å². The molecule has 0 radical (unpaired) electrons. The number of hydrogen-bond donors (Lipinski definition) is 1. The zero-order valence-electron chi connectivity index (χ0n) is 8.95. The van der Waals surface area contributed by atoms with Gasteiger partial charge in [-0.15, -0.1) is 0 Å². The largest absolute Gasteiger partial charge is 0.388 e. The lowest BCUT2D eigenvalue weighted by molar-refractivity contribution is 0.0822. The van der Waals surface area contributed by atoms with Crippen LogP contribution in [0.25, 0.3) is 0 Å². The van der Waals surface area contributed by atoms with Gasteiger partial charge < -0.3 is 9.84 Å². The monoisotopic (exact) mass is 212 g/mol. The van der Waals surface area contributed by atoms with Crippen LogP contribution >= 0.6 is 0 Å². The third-order valence-electron chi connectivity index (χ3n) is 2.14. The van der Waals surface area contributed by atoms with Gasteiger partial charge >= 0.3 is 0 Å². The Kier molecular flexibility index (Phi) is 5.29. The number of rotatable bonds is 6. The van der Waals surface area contributed by atoms with Crippen molar-refractivity contribution in [2.75, 3.05) is 13.2 Å². The van der Waals surface area contributed by atoms with Crippen LogP contribution in [0.2, 0.25) is 0 Å². The zero-order chi connectivity index (χ0) is 11.1. The molecule has 1 aromatic carbocycles. The summed E-state index contributed by atoms with van der Waals surface area (Å²) in [5.74, 6) is -0.284. The van der Waals surface area contributed by atoms with Crippen molar-refractivity contribution in [3.05, 3.63) is 35.6 Å². The number of aliphatic hydroxyl groups excluding tert-OH is 1. The van der Waals surface area contributed by atoms with Crippen molar-refractivity contribution < 1.29 is 14.2 Å². The lowest BCUT2D eigenvalue weighted by Gasteiger charge is -2.10. The van der Waals surface area contributed by atoms with E-state index in [2.05, 4.69) is 0 Å². The minimum absolute atomic E-state index is 0.284. The summed E-state index contributed by atoms with van der Waals surface area (Å²) < 4.78 is 17.9. The molecule has 0 aliphatic rings. The van der Waals surface area contributed by atoms with Gasteiger partial charge in [0.1, 0.15) is 5.82 Å². The van der Waals surface area contributed by atoms with Gasteiger partial charge in [0.25, 0.3) is 0 Å². The third kappa shape index (κ3) is 4.40. The molecule has 1 rings (SSSR count). The van der Waals surface area contributed by atoms with Gasteiger partial charge in [0.2, 0.25) is 0 Å². The molecule has 1 N–H and O–H groups in total. The van der Waals surface area contributed by atoms with Crippen molar-refractivity contribution in [2.24, 2.45) is 0 Å². The van der Waals surface area contributed by atoms with E-state index in [-0.39, 0.29) is 5.82 Å². The maximum Gasteiger partial charge on any atom is 0.123 e. The fraction of sp³-hybridized carbons (Fsp3) is 0.500. The van der Waals surface area contributed by atoms with E-state index >= 15 is 0 Å². The minimum Gasteiger partial charge on any atom is -0.388 e. The predicted octanol–water partition coefficient (Wildman–Crippen LogP) is 2.68. The normalized spacial score (nSPS) is 12.7. The van der Waals surface area contributed by atoms with Crippen molar-refractivity contribution in [3.63, 3.8) is 0 Å². The predicted molar refractivity (Wildman–Crippen MR) is 57.1 cm³/mol. The summed E-state index contributed by atoms with van der Waals surface area (Å²) in [5.41, 5.74) is 0.733. The Bertz CT molecular complexity index is 271. The number of ether oxygens (including phenoxy) is 1. The van der Waals surface area contributed by atoms with Gasteiger partial charge in [-0.25, -0.2) is 4.39 Å². The molecule has 1 aromatic rings. The van der Waals surface area contributed by atoms with Gasteiger partial charge in [-0.3, -0.25) is 0 Å². The molecule has 0 aromatic heterocycles. The maximum atomic E-state index is 12.6. The first-order valence-corrected chi connectivity index (χ1v) is 5.25. The summed E-state index contributed by atoms with van der Waals surface area (Å²) in [6.45, 7) is 3.29. The van der Waals surface area contributed by atoms with Gasteiger partial charge in [-0.05, 0) is 24.1 Å². The Morgan fingerprint density at radius 3 is 2.53 bits per heavy atom. The molecule has 0 spiro atoms. The lowest BCUT2D eigenvalue weighted by Crippen LogP contribution is -2.03. The molecular formula is C12H17FO2. The first kappa shape index (κ1) is 12.1. The van der Waals surface area contributed by atoms with Crippen molar-refractivity contribution in [3.8, 4) is 0 Å². The fourth-order valence-electron chi connectivity index (χ4n) is 1.29. The Balaban J connectivity index is 2.33. The summed E-state index contributed by atoms with van der Waals surface area (Å²) in [4.78, 5) is 0. The summed E-state index contributed by atoms with van der Waals surface area (Å²) in [6.07, 6.45) is 0.959. The number of halogens is 1. The molecule has 0 amide bonds. The van der Waals surface area contributed by atoms with Crippen molar-refractivity contribution in [1.29, 1.82) is 0 Å². The Morgan fingerprint density at radius 1 is 1.27 bits per heavy atom. The van der Waals surface area contributed by atoms with Crippen LogP contribution in [0.15, 0.2) is 24.3 Å². The van der Waals surface area contributed by atoms with Gasteiger partial charge in [0.15, 0.2) is 0 Å². The smallest absolute Gasteiger partial charge is 0.123 e. The zero-order valence-corrected chi connectivity index (χ0v) is 8.95. The summed E-state index contributed by atoms with van der Waals surface area (Å²) in [6, 6.07) is 5.90. The van der Waals surface area contributed by atoms with E-state index in [1.807, 2.05) is 6.92 Å². The van der Waals surface area contributed by atoms with Gasteiger partial charge in [-0.2, -0.15) is 0 Å². The Labute approximate surface area is 89.7 Å². The maximum absolute atomic E-state index is 12.6. The van der Waals surface area contributed by atoms with Crippen molar-refractivity contribution >= 4 is 0 Å². The van der Waals surface area contributed by atoms with Crippen LogP contribution in [0.4, 0.5) is 4.39 Å². The lowest BCUT2D eigenvalue weighted by atomic mass is 10.1. The molecule has 15 heavy (non-hydrogen) atoms. The molecule has 84 valence electrons. The van der Waals surface area contributed by atoms with Crippen LogP contribution in [-0.4, -0.2) is 18.3 Å². The molecule has 0 bridgehead atoms.